The second-order valence-electron chi connectivity index (χ2n) is 5.33. The van der Waals surface area contributed by atoms with Crippen molar-refractivity contribution >= 4 is 16.8 Å². The van der Waals surface area contributed by atoms with Gasteiger partial charge in [0, 0.05) is 18.5 Å². The Labute approximate surface area is 124 Å². The predicted octanol–water partition coefficient (Wildman–Crippen LogP) is 2.99. The molecule has 1 heterocycles. The van der Waals surface area contributed by atoms with Crippen molar-refractivity contribution in [1.82, 2.24) is 9.88 Å². The third kappa shape index (κ3) is 3.32. The van der Waals surface area contributed by atoms with E-state index in [1.54, 1.807) is 4.90 Å². The molecule has 0 spiro atoms. The van der Waals surface area contributed by atoms with Crippen molar-refractivity contribution in [2.75, 3.05) is 6.54 Å². The standard InChI is InChI=1S/C17H22N2O2/c1-4-9-19(15(20)5-2)11-14-10-13-8-6-7-12(3)16(13)18-17(14)21/h6-8,10H,4-5,9,11H2,1-3H3,(H,18,21). The van der Waals surface area contributed by atoms with Crippen LogP contribution in [0.15, 0.2) is 29.1 Å². The van der Waals surface area contributed by atoms with E-state index >= 15 is 0 Å². The van der Waals surface area contributed by atoms with Gasteiger partial charge in [-0.3, -0.25) is 9.59 Å². The number of carbonyl (C=O) groups is 1. The fraction of sp³-hybridized carbons (Fsp3) is 0.412. The first kappa shape index (κ1) is 15.3. The monoisotopic (exact) mass is 286 g/mol. The van der Waals surface area contributed by atoms with Gasteiger partial charge in [0.05, 0.1) is 12.1 Å². The van der Waals surface area contributed by atoms with Crippen molar-refractivity contribution in [3.05, 3.63) is 45.7 Å². The number of carbonyl (C=O) groups excluding carboxylic acids is 1. The molecule has 4 nitrogen and oxygen atoms in total. The van der Waals surface area contributed by atoms with Crippen molar-refractivity contribution in [3.8, 4) is 0 Å². The Hall–Kier alpha value is -2.10. The van der Waals surface area contributed by atoms with Crippen LogP contribution in [0.5, 0.6) is 0 Å². The van der Waals surface area contributed by atoms with Gasteiger partial charge < -0.3 is 9.88 Å². The van der Waals surface area contributed by atoms with Crippen LogP contribution < -0.4 is 5.56 Å². The van der Waals surface area contributed by atoms with E-state index < -0.39 is 0 Å². The maximum absolute atomic E-state index is 12.2. The Morgan fingerprint density at radius 1 is 1.29 bits per heavy atom. The first-order valence-corrected chi connectivity index (χ1v) is 7.46. The first-order chi connectivity index (χ1) is 10.1. The molecule has 0 bridgehead atoms. The van der Waals surface area contributed by atoms with Gasteiger partial charge >= 0.3 is 0 Å². The zero-order chi connectivity index (χ0) is 15.4. The van der Waals surface area contributed by atoms with Crippen LogP contribution >= 0.6 is 0 Å². The Kier molecular flexibility index (Phi) is 4.78. The number of aromatic nitrogens is 1. The summed E-state index contributed by atoms with van der Waals surface area (Å²) in [5, 5.41) is 1.00. The fourth-order valence-electron chi connectivity index (χ4n) is 2.54. The van der Waals surface area contributed by atoms with Crippen LogP contribution in [0.3, 0.4) is 0 Å². The molecular formula is C17H22N2O2. The predicted molar refractivity (Wildman–Crippen MR) is 85.3 cm³/mol. The molecule has 21 heavy (non-hydrogen) atoms. The molecule has 0 atom stereocenters. The Bertz CT molecular complexity index is 703. The van der Waals surface area contributed by atoms with Crippen LogP contribution in [0, 0.1) is 6.92 Å². The molecule has 1 aromatic heterocycles. The smallest absolute Gasteiger partial charge is 0.253 e. The maximum Gasteiger partial charge on any atom is 0.253 e. The highest BCUT2D eigenvalue weighted by atomic mass is 16.2. The summed E-state index contributed by atoms with van der Waals surface area (Å²) in [6.07, 6.45) is 1.35. The lowest BCUT2D eigenvalue weighted by Gasteiger charge is -2.21. The summed E-state index contributed by atoms with van der Waals surface area (Å²) in [6.45, 7) is 6.91. The topological polar surface area (TPSA) is 53.2 Å². The summed E-state index contributed by atoms with van der Waals surface area (Å²) in [4.78, 5) is 28.9. The van der Waals surface area contributed by atoms with Crippen molar-refractivity contribution in [2.24, 2.45) is 0 Å². The zero-order valence-corrected chi connectivity index (χ0v) is 12.9. The molecule has 0 saturated heterocycles. The highest BCUT2D eigenvalue weighted by molar-refractivity contribution is 5.82. The minimum atomic E-state index is -0.109. The van der Waals surface area contributed by atoms with Gasteiger partial charge in [0.2, 0.25) is 5.91 Å². The van der Waals surface area contributed by atoms with E-state index in [2.05, 4.69) is 4.98 Å². The molecule has 0 unspecified atom stereocenters. The number of pyridine rings is 1. The normalized spacial score (nSPS) is 10.8. The third-order valence-electron chi connectivity index (χ3n) is 3.67. The molecule has 1 N–H and O–H groups in total. The summed E-state index contributed by atoms with van der Waals surface area (Å²) >= 11 is 0. The molecule has 1 aromatic carbocycles. The highest BCUT2D eigenvalue weighted by Crippen LogP contribution is 2.16. The Balaban J connectivity index is 2.39. The number of rotatable bonds is 5. The number of aromatic amines is 1. The van der Waals surface area contributed by atoms with Crippen LogP contribution in [0.4, 0.5) is 0 Å². The number of hydrogen-bond acceptors (Lipinski definition) is 2. The van der Waals surface area contributed by atoms with Gasteiger partial charge in [-0.15, -0.1) is 0 Å². The van der Waals surface area contributed by atoms with Crippen LogP contribution in [-0.2, 0) is 11.3 Å². The number of para-hydroxylation sites is 1. The van der Waals surface area contributed by atoms with Crippen LogP contribution in [0.1, 0.15) is 37.8 Å². The third-order valence-corrected chi connectivity index (χ3v) is 3.67. The van der Waals surface area contributed by atoms with E-state index in [4.69, 9.17) is 0 Å². The van der Waals surface area contributed by atoms with Gasteiger partial charge in [0.15, 0.2) is 0 Å². The molecular weight excluding hydrogens is 264 g/mol. The fourth-order valence-corrected chi connectivity index (χ4v) is 2.54. The van der Waals surface area contributed by atoms with Crippen molar-refractivity contribution in [1.29, 1.82) is 0 Å². The van der Waals surface area contributed by atoms with Gasteiger partial charge in [-0.05, 0) is 30.4 Å². The summed E-state index contributed by atoms with van der Waals surface area (Å²) in [5.74, 6) is 0.0839. The number of aryl methyl sites for hydroxylation is 1. The average Bonchev–Trinajstić information content (AvgIpc) is 2.47. The lowest BCUT2D eigenvalue weighted by Crippen LogP contribution is -2.32. The summed E-state index contributed by atoms with van der Waals surface area (Å²) in [6, 6.07) is 7.82. The van der Waals surface area contributed by atoms with E-state index in [9.17, 15) is 9.59 Å². The molecule has 0 aliphatic carbocycles. The summed E-state index contributed by atoms with van der Waals surface area (Å²) < 4.78 is 0. The van der Waals surface area contributed by atoms with Gasteiger partial charge in [-0.1, -0.05) is 32.0 Å². The van der Waals surface area contributed by atoms with Crippen LogP contribution in [0.2, 0.25) is 0 Å². The minimum absolute atomic E-state index is 0.0839. The summed E-state index contributed by atoms with van der Waals surface area (Å²) in [7, 11) is 0. The lowest BCUT2D eigenvalue weighted by molar-refractivity contribution is -0.131. The highest BCUT2D eigenvalue weighted by Gasteiger charge is 2.13. The molecule has 0 radical (unpaired) electrons. The van der Waals surface area contributed by atoms with Crippen LogP contribution in [0.25, 0.3) is 10.9 Å². The molecule has 0 aliphatic heterocycles. The molecule has 4 heteroatoms. The second kappa shape index (κ2) is 6.57. The van der Waals surface area contributed by atoms with Gasteiger partial charge in [-0.25, -0.2) is 0 Å². The minimum Gasteiger partial charge on any atom is -0.338 e. The van der Waals surface area contributed by atoms with Crippen molar-refractivity contribution in [2.45, 2.75) is 40.2 Å². The first-order valence-electron chi connectivity index (χ1n) is 7.46. The molecule has 0 fully saturated rings. The quantitative estimate of drug-likeness (QED) is 0.918. The van der Waals surface area contributed by atoms with E-state index in [1.807, 2.05) is 45.0 Å². The van der Waals surface area contributed by atoms with E-state index in [0.29, 0.717) is 25.1 Å². The number of amides is 1. The van der Waals surface area contributed by atoms with E-state index in [1.165, 1.54) is 0 Å². The Morgan fingerprint density at radius 3 is 2.71 bits per heavy atom. The molecule has 2 aromatic rings. The Morgan fingerprint density at radius 2 is 2.05 bits per heavy atom. The van der Waals surface area contributed by atoms with Crippen LogP contribution in [-0.4, -0.2) is 22.3 Å². The van der Waals surface area contributed by atoms with E-state index in [0.717, 1.165) is 22.9 Å². The second-order valence-corrected chi connectivity index (χ2v) is 5.33. The lowest BCUT2D eigenvalue weighted by atomic mass is 10.1. The zero-order valence-electron chi connectivity index (χ0n) is 12.9. The van der Waals surface area contributed by atoms with Crippen molar-refractivity contribution in [3.63, 3.8) is 0 Å². The van der Waals surface area contributed by atoms with Crippen molar-refractivity contribution < 1.29 is 4.79 Å². The largest absolute Gasteiger partial charge is 0.338 e. The number of H-pyrrole nitrogens is 1. The van der Waals surface area contributed by atoms with Gasteiger partial charge in [-0.2, -0.15) is 0 Å². The molecule has 0 saturated carbocycles. The maximum atomic E-state index is 12.2. The average molecular weight is 286 g/mol. The number of nitrogens with one attached hydrogen (secondary N) is 1. The molecule has 1 amide bonds. The summed E-state index contributed by atoms with van der Waals surface area (Å²) in [5.41, 5.74) is 2.45. The molecule has 0 aliphatic rings. The molecule has 112 valence electrons. The van der Waals surface area contributed by atoms with Gasteiger partial charge in [0.25, 0.3) is 5.56 Å². The number of nitrogens with zero attached hydrogens (tertiary/aromatic N) is 1. The van der Waals surface area contributed by atoms with E-state index in [-0.39, 0.29) is 11.5 Å². The van der Waals surface area contributed by atoms with Gasteiger partial charge in [0.1, 0.15) is 0 Å². The molecule has 2 rings (SSSR count). The number of hydrogen-bond donors (Lipinski definition) is 1. The number of benzene rings is 1. The number of fused-ring (bicyclic) bond motifs is 1. The SMILES string of the molecule is CCCN(Cc1cc2cccc(C)c2[nH]c1=O)C(=O)CC.